The van der Waals surface area contributed by atoms with Crippen molar-refractivity contribution in [2.24, 2.45) is 5.73 Å². The molecule has 1 saturated heterocycles. The number of nitrogens with two attached hydrogens (primary N) is 1. The van der Waals surface area contributed by atoms with Crippen LogP contribution < -0.4 is 15.1 Å². The van der Waals surface area contributed by atoms with Crippen LogP contribution in [0.2, 0.25) is 5.82 Å². The summed E-state index contributed by atoms with van der Waals surface area (Å²) in [5, 5.41) is 29.9. The minimum Gasteiger partial charge on any atom is -0.669 e. The fourth-order valence-corrected chi connectivity index (χ4v) is 4.44. The molecule has 3 aliphatic rings. The standard InChI is InChI=1S/C19H22BN4O7/c21-14(3-9-5-22-8-23-9)18(25)24-6-10(7-24)30-15-2-1-11-12-4-13(12)20(28,29)31-17(11)16(15)19(26)27/h1-2,5,8,10,12-14,28-29H,3-4,6-7,21H2,(H,22,23)(H,26,27)/q-1/t12?,13?,14-/m0/s1. The lowest BCUT2D eigenvalue weighted by molar-refractivity contribution is -0.141. The highest BCUT2D eigenvalue weighted by molar-refractivity contribution is 6.62. The van der Waals surface area contributed by atoms with Crippen LogP contribution >= 0.6 is 0 Å². The molecule has 0 spiro atoms. The summed E-state index contributed by atoms with van der Waals surface area (Å²) in [5.74, 6) is -2.04. The molecular weight excluding hydrogens is 407 g/mol. The summed E-state index contributed by atoms with van der Waals surface area (Å²) in [7, 11) is 0. The van der Waals surface area contributed by atoms with Gasteiger partial charge in [-0.1, -0.05) is 18.3 Å². The van der Waals surface area contributed by atoms with Crippen molar-refractivity contribution >= 4 is 18.6 Å². The number of aromatic nitrogens is 2. The number of carbonyl (C=O) groups is 2. The molecule has 2 aromatic rings. The van der Waals surface area contributed by atoms with Crippen molar-refractivity contribution < 1.29 is 34.1 Å². The van der Waals surface area contributed by atoms with Crippen LogP contribution in [0, 0.1) is 0 Å². The molecule has 164 valence electrons. The Labute approximate surface area is 176 Å². The van der Waals surface area contributed by atoms with Crippen LogP contribution in [0.4, 0.5) is 0 Å². The first-order valence-corrected chi connectivity index (χ1v) is 10.1. The predicted octanol–water partition coefficient (Wildman–Crippen LogP) is -0.559. The number of nitrogens with zero attached hydrogens (tertiary/aromatic N) is 2. The molecule has 1 amide bonds. The molecule has 0 bridgehead atoms. The van der Waals surface area contributed by atoms with Crippen LogP contribution in [-0.2, 0) is 11.2 Å². The topological polar surface area (TPSA) is 171 Å². The number of benzene rings is 1. The summed E-state index contributed by atoms with van der Waals surface area (Å²) in [5.41, 5.74) is 7.07. The Bertz CT molecular complexity index is 1040. The van der Waals surface area contributed by atoms with Crippen molar-refractivity contribution in [2.75, 3.05) is 13.1 Å². The maximum absolute atomic E-state index is 12.5. The summed E-state index contributed by atoms with van der Waals surface area (Å²) in [6, 6.07) is 2.53. The Morgan fingerprint density at radius 1 is 1.39 bits per heavy atom. The van der Waals surface area contributed by atoms with Gasteiger partial charge in [0, 0.05) is 12.6 Å². The number of H-pyrrole nitrogens is 1. The summed E-state index contributed by atoms with van der Waals surface area (Å²) >= 11 is 0. The van der Waals surface area contributed by atoms with Gasteiger partial charge in [0.2, 0.25) is 5.91 Å². The third kappa shape index (κ3) is 3.42. The van der Waals surface area contributed by atoms with Gasteiger partial charge >= 0.3 is 12.7 Å². The fraction of sp³-hybridized carbons (Fsp3) is 0.421. The number of aromatic carboxylic acids is 1. The Morgan fingerprint density at radius 3 is 2.84 bits per heavy atom. The summed E-state index contributed by atoms with van der Waals surface area (Å²) in [4.78, 5) is 32.8. The van der Waals surface area contributed by atoms with E-state index in [-0.39, 0.29) is 42.0 Å². The average molecular weight is 429 g/mol. The van der Waals surface area contributed by atoms with E-state index in [1.54, 1.807) is 23.2 Å². The van der Waals surface area contributed by atoms with Gasteiger partial charge in [0.1, 0.15) is 17.4 Å². The van der Waals surface area contributed by atoms with Crippen LogP contribution in [0.5, 0.6) is 11.5 Å². The molecule has 2 aliphatic heterocycles. The maximum Gasteiger partial charge on any atom is 0.434 e. The smallest absolute Gasteiger partial charge is 0.434 e. The van der Waals surface area contributed by atoms with E-state index in [2.05, 4.69) is 9.97 Å². The predicted molar refractivity (Wildman–Crippen MR) is 107 cm³/mol. The van der Waals surface area contributed by atoms with E-state index in [0.29, 0.717) is 24.1 Å². The quantitative estimate of drug-likeness (QED) is 0.378. The number of amides is 1. The third-order valence-corrected chi connectivity index (χ3v) is 6.21. The number of carboxylic acid groups (broad SMARTS) is 1. The Morgan fingerprint density at radius 2 is 2.16 bits per heavy atom. The lowest BCUT2D eigenvalue weighted by Gasteiger charge is -2.41. The molecule has 12 heteroatoms. The number of hydrogen-bond donors (Lipinski definition) is 5. The molecule has 6 N–H and O–H groups in total. The summed E-state index contributed by atoms with van der Waals surface area (Å²) in [6.45, 7) is -2.57. The van der Waals surface area contributed by atoms with Gasteiger partial charge in [-0.3, -0.25) is 4.79 Å². The van der Waals surface area contributed by atoms with E-state index < -0.39 is 30.7 Å². The highest BCUT2D eigenvalue weighted by Crippen LogP contribution is 2.63. The molecule has 0 radical (unpaired) electrons. The maximum atomic E-state index is 12.5. The zero-order valence-electron chi connectivity index (χ0n) is 16.5. The van der Waals surface area contributed by atoms with Crippen molar-refractivity contribution in [3.05, 3.63) is 41.5 Å². The van der Waals surface area contributed by atoms with Crippen LogP contribution in [0.1, 0.15) is 34.0 Å². The molecule has 31 heavy (non-hydrogen) atoms. The van der Waals surface area contributed by atoms with Gasteiger partial charge in [0.15, 0.2) is 0 Å². The number of aromatic amines is 1. The van der Waals surface area contributed by atoms with Gasteiger partial charge in [0.05, 0.1) is 36.9 Å². The number of nitrogens with one attached hydrogen (secondary N) is 1. The van der Waals surface area contributed by atoms with E-state index in [9.17, 15) is 24.7 Å². The second kappa shape index (κ2) is 6.97. The number of ether oxygens (including phenoxy) is 1. The van der Waals surface area contributed by atoms with E-state index in [1.165, 1.54) is 6.33 Å². The summed E-state index contributed by atoms with van der Waals surface area (Å²) < 4.78 is 11.1. The monoisotopic (exact) mass is 429 g/mol. The number of carboxylic acids is 1. The van der Waals surface area contributed by atoms with Crippen LogP contribution in [-0.4, -0.2) is 73.9 Å². The first-order chi connectivity index (χ1) is 14.7. The highest BCUT2D eigenvalue weighted by atomic mass is 16.6. The molecule has 5 rings (SSSR count). The van der Waals surface area contributed by atoms with Gasteiger partial charge in [-0.25, -0.2) is 9.78 Å². The number of imidazole rings is 1. The Hall–Kier alpha value is -3.09. The number of hydrogen-bond acceptors (Lipinski definition) is 8. The minimum absolute atomic E-state index is 0.0537. The lowest BCUT2D eigenvalue weighted by Crippen LogP contribution is -2.60. The number of carbonyl (C=O) groups excluding carboxylic acids is 1. The second-order valence-corrected chi connectivity index (χ2v) is 8.40. The Kier molecular flexibility index (Phi) is 4.47. The van der Waals surface area contributed by atoms with Crippen LogP contribution in [0.3, 0.4) is 0 Å². The van der Waals surface area contributed by atoms with Crippen LogP contribution in [0.15, 0.2) is 24.7 Å². The van der Waals surface area contributed by atoms with E-state index >= 15 is 0 Å². The molecular formula is C19H22BN4O7-. The van der Waals surface area contributed by atoms with Gasteiger partial charge in [-0.15, -0.1) is 0 Å². The molecule has 2 fully saturated rings. The number of fused-ring (bicyclic) bond motifs is 3. The second-order valence-electron chi connectivity index (χ2n) is 8.40. The van der Waals surface area contributed by atoms with E-state index in [1.807, 2.05) is 0 Å². The number of likely N-dealkylation sites (tertiary alicyclic amines) is 1. The molecule has 1 aliphatic carbocycles. The fourth-order valence-electron chi connectivity index (χ4n) is 4.44. The normalized spacial score (nSPS) is 24.3. The number of rotatable bonds is 6. The van der Waals surface area contributed by atoms with Gasteiger partial charge in [0.25, 0.3) is 0 Å². The molecule has 3 heterocycles. The van der Waals surface area contributed by atoms with Crippen LogP contribution in [0.25, 0.3) is 0 Å². The zero-order chi connectivity index (χ0) is 21.9. The molecule has 1 aromatic heterocycles. The van der Waals surface area contributed by atoms with Crippen molar-refractivity contribution in [1.82, 2.24) is 14.9 Å². The van der Waals surface area contributed by atoms with Gasteiger partial charge < -0.3 is 40.2 Å². The minimum atomic E-state index is -3.10. The van der Waals surface area contributed by atoms with Crippen molar-refractivity contribution in [1.29, 1.82) is 0 Å². The first-order valence-electron chi connectivity index (χ1n) is 10.1. The Balaban J connectivity index is 1.27. The van der Waals surface area contributed by atoms with Crippen molar-refractivity contribution in [3.8, 4) is 11.5 Å². The SMILES string of the molecule is N[C@@H](Cc1c[nH]cn1)C(=O)N1CC(Oc2ccc3c(c2C(=O)O)O[B-](O)(O)C2CC32)C1. The summed E-state index contributed by atoms with van der Waals surface area (Å²) in [6.07, 6.45) is 3.64. The largest absolute Gasteiger partial charge is 0.669 e. The third-order valence-electron chi connectivity index (χ3n) is 6.21. The zero-order valence-corrected chi connectivity index (χ0v) is 16.5. The molecule has 1 aromatic carbocycles. The van der Waals surface area contributed by atoms with E-state index in [4.69, 9.17) is 15.1 Å². The molecule has 2 unspecified atom stereocenters. The van der Waals surface area contributed by atoms with E-state index in [0.717, 1.165) is 0 Å². The van der Waals surface area contributed by atoms with Crippen molar-refractivity contribution in [2.45, 2.75) is 36.7 Å². The van der Waals surface area contributed by atoms with Gasteiger partial charge in [-0.2, -0.15) is 0 Å². The highest BCUT2D eigenvalue weighted by Gasteiger charge is 2.55. The van der Waals surface area contributed by atoms with Crippen molar-refractivity contribution in [3.63, 3.8) is 0 Å². The molecule has 1 saturated carbocycles. The average Bonchev–Trinajstić information content (AvgIpc) is 3.34. The van der Waals surface area contributed by atoms with Gasteiger partial charge in [-0.05, 0) is 17.5 Å². The molecule has 11 nitrogen and oxygen atoms in total. The first kappa shape index (κ1) is 19.9. The lowest BCUT2D eigenvalue weighted by atomic mass is 9.68. The molecule has 3 atom stereocenters.